The molecule has 1 fully saturated rings. The van der Waals surface area contributed by atoms with E-state index in [1.165, 1.54) is 47.8 Å². The molecule has 1 aliphatic rings. The zero-order chi connectivity index (χ0) is 23.8. The number of nitrogens with one attached hydrogen (secondary N) is 1. The van der Waals surface area contributed by atoms with Crippen molar-refractivity contribution in [2.75, 3.05) is 33.4 Å². The van der Waals surface area contributed by atoms with Gasteiger partial charge >= 0.3 is 12.3 Å². The number of nitrogens with zero attached hydrogens (tertiary/aromatic N) is 1. The SMILES string of the molecule is CNC(=O)Oc1cc2cc(-c3ccc(S(=O)(=O)N4CCOCC4)cc3)cc(C(F)(F)F)c2o1. The van der Waals surface area contributed by atoms with E-state index in [4.69, 9.17) is 13.9 Å². The van der Waals surface area contributed by atoms with E-state index in [1.807, 2.05) is 0 Å². The van der Waals surface area contributed by atoms with Gasteiger partial charge in [0.15, 0.2) is 5.58 Å². The summed E-state index contributed by atoms with van der Waals surface area (Å²) in [4.78, 5) is 11.4. The van der Waals surface area contributed by atoms with Gasteiger partial charge in [-0.25, -0.2) is 13.2 Å². The molecule has 8 nitrogen and oxygen atoms in total. The van der Waals surface area contributed by atoms with Crippen molar-refractivity contribution >= 4 is 27.1 Å². The third-order valence-corrected chi connectivity index (χ3v) is 7.00. The van der Waals surface area contributed by atoms with Gasteiger partial charge in [-0.05, 0) is 35.4 Å². The molecule has 2 heterocycles. The fourth-order valence-corrected chi connectivity index (χ4v) is 4.86. The molecule has 4 rings (SSSR count). The van der Waals surface area contributed by atoms with Crippen LogP contribution in [0.2, 0.25) is 0 Å². The summed E-state index contributed by atoms with van der Waals surface area (Å²) in [5, 5.41) is 2.25. The second kappa shape index (κ2) is 8.69. The van der Waals surface area contributed by atoms with Crippen LogP contribution >= 0.6 is 0 Å². The molecule has 0 atom stereocenters. The molecule has 0 unspecified atom stereocenters. The van der Waals surface area contributed by atoms with Gasteiger partial charge in [0.05, 0.1) is 23.7 Å². The number of hydrogen-bond acceptors (Lipinski definition) is 6. The Morgan fingerprint density at radius 3 is 2.33 bits per heavy atom. The predicted molar refractivity (Wildman–Crippen MR) is 111 cm³/mol. The van der Waals surface area contributed by atoms with Gasteiger partial charge in [-0.2, -0.15) is 17.5 Å². The monoisotopic (exact) mass is 484 g/mol. The Kier molecular flexibility index (Phi) is 6.08. The first-order chi connectivity index (χ1) is 15.6. The number of carbonyl (C=O) groups excluding carboxylic acids is 1. The Hall–Kier alpha value is -3.09. The highest BCUT2D eigenvalue weighted by atomic mass is 32.2. The Bertz CT molecular complexity index is 1280. The van der Waals surface area contributed by atoms with Crippen LogP contribution in [-0.4, -0.2) is 52.2 Å². The van der Waals surface area contributed by atoms with E-state index in [0.29, 0.717) is 18.8 Å². The fourth-order valence-electron chi connectivity index (χ4n) is 3.45. The van der Waals surface area contributed by atoms with Gasteiger partial charge in [-0.15, -0.1) is 0 Å². The molecule has 0 spiro atoms. The predicted octanol–water partition coefficient (Wildman–Crippen LogP) is 3.86. The highest BCUT2D eigenvalue weighted by Gasteiger charge is 2.35. The highest BCUT2D eigenvalue weighted by Crippen LogP contribution is 2.41. The number of benzene rings is 2. The number of furan rings is 1. The van der Waals surface area contributed by atoms with Crippen molar-refractivity contribution in [3.8, 4) is 17.1 Å². The van der Waals surface area contributed by atoms with E-state index in [-0.39, 0.29) is 34.9 Å². The van der Waals surface area contributed by atoms with Gasteiger partial charge in [-0.3, -0.25) is 0 Å². The quantitative estimate of drug-likeness (QED) is 0.604. The molecule has 1 aliphatic heterocycles. The Balaban J connectivity index is 1.72. The molecular formula is C21H19F3N2O6S. The van der Waals surface area contributed by atoms with Gasteiger partial charge in [0, 0.05) is 31.6 Å². The average molecular weight is 484 g/mol. The lowest BCUT2D eigenvalue weighted by Gasteiger charge is -2.26. The van der Waals surface area contributed by atoms with Crippen molar-refractivity contribution in [1.29, 1.82) is 0 Å². The number of carbonyl (C=O) groups is 1. The number of hydrogen-bond donors (Lipinski definition) is 1. The summed E-state index contributed by atoms with van der Waals surface area (Å²) >= 11 is 0. The molecule has 0 saturated carbocycles. The molecule has 176 valence electrons. The van der Waals surface area contributed by atoms with Crippen LogP contribution in [0.15, 0.2) is 51.8 Å². The third kappa shape index (κ3) is 4.68. The lowest BCUT2D eigenvalue weighted by molar-refractivity contribution is -0.136. The van der Waals surface area contributed by atoms with Gasteiger partial charge in [-0.1, -0.05) is 12.1 Å². The highest BCUT2D eigenvalue weighted by molar-refractivity contribution is 7.89. The Labute approximate surface area is 186 Å². The normalized spacial score (nSPS) is 15.5. The molecule has 0 radical (unpaired) electrons. The van der Waals surface area contributed by atoms with Crippen molar-refractivity contribution < 1.29 is 40.3 Å². The van der Waals surface area contributed by atoms with Crippen LogP contribution in [0.4, 0.5) is 18.0 Å². The number of alkyl halides is 3. The van der Waals surface area contributed by atoms with Crippen LogP contribution in [0.1, 0.15) is 5.56 Å². The van der Waals surface area contributed by atoms with Crippen molar-refractivity contribution in [1.82, 2.24) is 9.62 Å². The fraction of sp³-hybridized carbons (Fsp3) is 0.286. The molecule has 2 aromatic carbocycles. The van der Waals surface area contributed by atoms with Gasteiger partial charge in [0.25, 0.3) is 5.95 Å². The Morgan fingerprint density at radius 1 is 1.06 bits per heavy atom. The number of amides is 1. The maximum absolute atomic E-state index is 13.7. The smallest absolute Gasteiger partial charge is 0.420 e. The summed E-state index contributed by atoms with van der Waals surface area (Å²) in [6.07, 6.45) is -5.63. The number of morpholine rings is 1. The van der Waals surface area contributed by atoms with Crippen LogP contribution in [0.3, 0.4) is 0 Å². The minimum Gasteiger partial charge on any atom is -0.425 e. The zero-order valence-corrected chi connectivity index (χ0v) is 18.1. The summed E-state index contributed by atoms with van der Waals surface area (Å²) in [6, 6.07) is 9.12. The first kappa shape index (κ1) is 23.1. The molecule has 0 aliphatic carbocycles. The average Bonchev–Trinajstić information content (AvgIpc) is 3.20. The summed E-state index contributed by atoms with van der Waals surface area (Å²) in [5.41, 5.74) is -0.959. The van der Waals surface area contributed by atoms with Crippen molar-refractivity contribution in [2.24, 2.45) is 0 Å². The largest absolute Gasteiger partial charge is 0.425 e. The van der Waals surface area contributed by atoms with E-state index < -0.39 is 33.4 Å². The topological polar surface area (TPSA) is 98.1 Å². The number of ether oxygens (including phenoxy) is 2. The summed E-state index contributed by atoms with van der Waals surface area (Å²) < 4.78 is 83.1. The molecule has 12 heteroatoms. The lowest BCUT2D eigenvalue weighted by atomic mass is 10.0. The zero-order valence-electron chi connectivity index (χ0n) is 17.3. The van der Waals surface area contributed by atoms with Gasteiger partial charge in [0.2, 0.25) is 10.0 Å². The minimum atomic E-state index is -4.74. The summed E-state index contributed by atoms with van der Waals surface area (Å²) in [6.45, 7) is 1.06. The van der Waals surface area contributed by atoms with Crippen LogP contribution in [0.25, 0.3) is 22.1 Å². The van der Waals surface area contributed by atoms with E-state index in [2.05, 4.69) is 5.32 Å². The maximum Gasteiger partial charge on any atom is 0.420 e. The number of halogens is 3. The summed E-state index contributed by atoms with van der Waals surface area (Å²) in [7, 11) is -2.44. The maximum atomic E-state index is 13.7. The van der Waals surface area contributed by atoms with Crippen LogP contribution in [-0.2, 0) is 20.9 Å². The molecule has 3 aromatic rings. The van der Waals surface area contributed by atoms with Crippen molar-refractivity contribution in [3.05, 3.63) is 48.0 Å². The van der Waals surface area contributed by atoms with Crippen LogP contribution < -0.4 is 10.1 Å². The second-order valence-corrected chi connectivity index (χ2v) is 9.12. The van der Waals surface area contributed by atoms with Gasteiger partial charge < -0.3 is 19.2 Å². The van der Waals surface area contributed by atoms with Crippen molar-refractivity contribution in [2.45, 2.75) is 11.1 Å². The minimum absolute atomic E-state index is 0.0369. The van der Waals surface area contributed by atoms with E-state index >= 15 is 0 Å². The molecule has 1 amide bonds. The molecular weight excluding hydrogens is 465 g/mol. The summed E-state index contributed by atoms with van der Waals surface area (Å²) in [5.74, 6) is -0.390. The molecule has 1 saturated heterocycles. The van der Waals surface area contributed by atoms with Gasteiger partial charge in [0.1, 0.15) is 0 Å². The number of rotatable bonds is 4. The molecule has 33 heavy (non-hydrogen) atoms. The van der Waals surface area contributed by atoms with E-state index in [0.717, 1.165) is 6.07 Å². The first-order valence-corrected chi connectivity index (χ1v) is 11.3. The molecule has 1 N–H and O–H groups in total. The first-order valence-electron chi connectivity index (χ1n) is 9.82. The van der Waals surface area contributed by atoms with Crippen molar-refractivity contribution in [3.63, 3.8) is 0 Å². The van der Waals surface area contributed by atoms with Crippen LogP contribution in [0, 0.1) is 0 Å². The lowest BCUT2D eigenvalue weighted by Crippen LogP contribution is -2.40. The number of sulfonamides is 1. The standard InChI is InChI=1S/C21H19F3N2O6S/c1-25-20(27)32-18-12-15-10-14(11-17(19(15)31-18)21(22,23)24)13-2-4-16(5-3-13)33(28,29)26-6-8-30-9-7-26/h2-5,10-12H,6-9H2,1H3,(H,25,27). The number of fused-ring (bicyclic) bond motifs is 1. The van der Waals surface area contributed by atoms with E-state index in [1.54, 1.807) is 0 Å². The Morgan fingerprint density at radius 2 is 1.73 bits per heavy atom. The van der Waals surface area contributed by atoms with E-state index in [9.17, 15) is 26.4 Å². The third-order valence-electron chi connectivity index (χ3n) is 5.09. The second-order valence-electron chi connectivity index (χ2n) is 7.19. The van der Waals surface area contributed by atoms with Crippen LogP contribution in [0.5, 0.6) is 5.95 Å². The molecule has 0 bridgehead atoms. The molecule has 1 aromatic heterocycles.